The maximum atomic E-state index is 10.8. The number of carbonyl (C=O) groups excluding carboxylic acids is 4. The molecule has 0 aliphatic carbocycles. The molecule has 0 aromatic heterocycles. The summed E-state index contributed by atoms with van der Waals surface area (Å²) in [4.78, 5) is 41.0. The highest BCUT2D eigenvalue weighted by Gasteiger charge is 2.38. The lowest BCUT2D eigenvalue weighted by Crippen LogP contribution is -2.33. The van der Waals surface area contributed by atoms with Gasteiger partial charge in [0.05, 0.1) is 31.3 Å². The molecule has 1 N–H and O–H groups in total. The Hall–Kier alpha value is -2.22. The van der Waals surface area contributed by atoms with Gasteiger partial charge in [0.1, 0.15) is 5.78 Å². The van der Waals surface area contributed by atoms with Crippen molar-refractivity contribution in [3.63, 3.8) is 0 Å². The molecule has 29 heavy (non-hydrogen) atoms. The monoisotopic (exact) mass is 414 g/mol. The van der Waals surface area contributed by atoms with Gasteiger partial charge in [0.15, 0.2) is 0 Å². The van der Waals surface area contributed by atoms with Crippen LogP contribution in [0, 0.1) is 5.92 Å². The molecule has 0 spiro atoms. The first kappa shape index (κ1) is 26.8. The number of cyclic esters (lactones) is 3. The number of hydrogen-bond donors (Lipinski definition) is 1. The fraction of sp³-hybridized carbons (Fsp3) is 0.714. The van der Waals surface area contributed by atoms with E-state index >= 15 is 0 Å². The maximum Gasteiger partial charge on any atom is 0.334 e. The molecule has 1 atom stereocenters. The highest BCUT2D eigenvalue weighted by molar-refractivity contribution is 5.90. The van der Waals surface area contributed by atoms with E-state index in [1.165, 1.54) is 13.8 Å². The van der Waals surface area contributed by atoms with Crippen LogP contribution in [-0.2, 0) is 33.4 Å². The van der Waals surface area contributed by atoms with Crippen molar-refractivity contribution < 1.29 is 38.5 Å². The van der Waals surface area contributed by atoms with Crippen LogP contribution in [0.5, 0.6) is 0 Å². The molecule has 166 valence electrons. The van der Waals surface area contributed by atoms with Crippen LogP contribution in [0.1, 0.15) is 67.2 Å². The van der Waals surface area contributed by atoms with Crippen molar-refractivity contribution >= 4 is 23.7 Å². The molecule has 0 aromatic carbocycles. The van der Waals surface area contributed by atoms with Crippen molar-refractivity contribution in [3.05, 3.63) is 11.1 Å². The Morgan fingerprint density at radius 3 is 1.69 bits per heavy atom. The van der Waals surface area contributed by atoms with Crippen LogP contribution in [0.15, 0.2) is 11.1 Å². The number of esters is 3. The number of ether oxygens (including phenoxy) is 3. The predicted octanol–water partition coefficient (Wildman–Crippen LogP) is 2.51. The van der Waals surface area contributed by atoms with Crippen LogP contribution in [0.3, 0.4) is 0 Å². The summed E-state index contributed by atoms with van der Waals surface area (Å²) in [5.74, 6) is -0.606. The molecule has 3 aliphatic heterocycles. The lowest BCUT2D eigenvalue weighted by Gasteiger charge is -2.21. The first-order valence-corrected chi connectivity index (χ1v) is 9.71. The summed E-state index contributed by atoms with van der Waals surface area (Å²) in [5.41, 5.74) is 1.01. The highest BCUT2D eigenvalue weighted by Crippen LogP contribution is 2.25. The SMILES string of the molecule is CC(C)(O)C1CCOC1=O.CC(C)=C1CCOC1=O.CC(C)=O.O=C1CCCO1. The predicted molar refractivity (Wildman–Crippen MR) is 106 cm³/mol. The Morgan fingerprint density at radius 1 is 0.931 bits per heavy atom. The number of ketones is 1. The molecule has 0 saturated carbocycles. The fourth-order valence-electron chi connectivity index (χ4n) is 2.50. The van der Waals surface area contributed by atoms with E-state index in [0.29, 0.717) is 32.7 Å². The summed E-state index contributed by atoms with van der Waals surface area (Å²) in [5, 5.41) is 9.39. The molecule has 3 saturated heterocycles. The topological polar surface area (TPSA) is 116 Å². The third kappa shape index (κ3) is 12.1. The molecule has 8 heteroatoms. The molecule has 1 unspecified atom stereocenters. The van der Waals surface area contributed by atoms with E-state index in [-0.39, 0.29) is 29.6 Å². The Balaban J connectivity index is 0.000000380. The molecule has 3 fully saturated rings. The number of Topliss-reactive ketones (excluding diaryl/α,β-unsaturated/α-hetero) is 1. The van der Waals surface area contributed by atoms with E-state index in [9.17, 15) is 24.3 Å². The fourth-order valence-corrected chi connectivity index (χ4v) is 2.50. The molecule has 0 bridgehead atoms. The van der Waals surface area contributed by atoms with E-state index in [2.05, 4.69) is 4.74 Å². The zero-order valence-corrected chi connectivity index (χ0v) is 18.3. The third-order valence-electron chi connectivity index (χ3n) is 4.01. The lowest BCUT2D eigenvalue weighted by molar-refractivity contribution is -0.147. The Kier molecular flexibility index (Phi) is 12.1. The van der Waals surface area contributed by atoms with Crippen LogP contribution in [-0.4, -0.2) is 54.2 Å². The Morgan fingerprint density at radius 2 is 1.52 bits per heavy atom. The van der Waals surface area contributed by atoms with Crippen LogP contribution < -0.4 is 0 Å². The van der Waals surface area contributed by atoms with Crippen molar-refractivity contribution in [2.45, 2.75) is 72.8 Å². The molecule has 3 rings (SSSR count). The zero-order valence-electron chi connectivity index (χ0n) is 18.3. The van der Waals surface area contributed by atoms with Gasteiger partial charge in [-0.2, -0.15) is 0 Å². The Labute approximate surface area is 172 Å². The molecule has 0 amide bonds. The normalized spacial score (nSPS) is 20.0. The minimum absolute atomic E-state index is 0.0463. The molecule has 0 aromatic rings. The van der Waals surface area contributed by atoms with Gasteiger partial charge in [-0.3, -0.25) is 9.59 Å². The summed E-state index contributed by atoms with van der Waals surface area (Å²) in [6.45, 7) is 11.8. The third-order valence-corrected chi connectivity index (χ3v) is 4.01. The summed E-state index contributed by atoms with van der Waals surface area (Å²) < 4.78 is 13.9. The van der Waals surface area contributed by atoms with Gasteiger partial charge in [0, 0.05) is 18.4 Å². The second-order valence-corrected chi connectivity index (χ2v) is 7.76. The summed E-state index contributed by atoms with van der Waals surface area (Å²) >= 11 is 0. The summed E-state index contributed by atoms with van der Waals surface area (Å²) in [6.07, 6.45) is 2.97. The molecular formula is C21H34O8. The van der Waals surface area contributed by atoms with Gasteiger partial charge in [-0.15, -0.1) is 0 Å². The molecule has 3 aliphatic rings. The van der Waals surface area contributed by atoms with E-state index in [0.717, 1.165) is 24.0 Å². The van der Waals surface area contributed by atoms with E-state index in [1.807, 2.05) is 13.8 Å². The quantitative estimate of drug-likeness (QED) is 0.395. The van der Waals surface area contributed by atoms with Gasteiger partial charge < -0.3 is 24.1 Å². The van der Waals surface area contributed by atoms with E-state index in [4.69, 9.17) is 9.47 Å². The molecular weight excluding hydrogens is 380 g/mol. The number of rotatable bonds is 1. The van der Waals surface area contributed by atoms with Crippen molar-refractivity contribution in [1.82, 2.24) is 0 Å². The Bertz CT molecular complexity index is 597. The second-order valence-electron chi connectivity index (χ2n) is 7.76. The zero-order chi connectivity index (χ0) is 22.6. The average molecular weight is 414 g/mol. The van der Waals surface area contributed by atoms with Gasteiger partial charge in [-0.1, -0.05) is 5.57 Å². The van der Waals surface area contributed by atoms with Gasteiger partial charge >= 0.3 is 17.9 Å². The van der Waals surface area contributed by atoms with Gasteiger partial charge in [-0.05, 0) is 54.4 Å². The van der Waals surface area contributed by atoms with Gasteiger partial charge in [0.25, 0.3) is 0 Å². The van der Waals surface area contributed by atoms with Crippen molar-refractivity contribution in [3.8, 4) is 0 Å². The minimum Gasteiger partial charge on any atom is -0.466 e. The van der Waals surface area contributed by atoms with Crippen molar-refractivity contribution in [2.75, 3.05) is 19.8 Å². The van der Waals surface area contributed by atoms with E-state index < -0.39 is 5.60 Å². The average Bonchev–Trinajstić information content (AvgIpc) is 3.30. The van der Waals surface area contributed by atoms with Crippen molar-refractivity contribution in [2.24, 2.45) is 5.92 Å². The lowest BCUT2D eigenvalue weighted by atomic mass is 9.90. The smallest absolute Gasteiger partial charge is 0.334 e. The molecule has 0 radical (unpaired) electrons. The molecule has 8 nitrogen and oxygen atoms in total. The first-order valence-electron chi connectivity index (χ1n) is 9.71. The van der Waals surface area contributed by atoms with Crippen LogP contribution in [0.4, 0.5) is 0 Å². The summed E-state index contributed by atoms with van der Waals surface area (Å²) in [7, 11) is 0. The van der Waals surface area contributed by atoms with Gasteiger partial charge in [-0.25, -0.2) is 4.79 Å². The number of hydrogen-bond acceptors (Lipinski definition) is 8. The second kappa shape index (κ2) is 13.1. The highest BCUT2D eigenvalue weighted by atomic mass is 16.5. The van der Waals surface area contributed by atoms with Gasteiger partial charge in [0.2, 0.25) is 0 Å². The maximum absolute atomic E-state index is 10.8. The number of carbonyl (C=O) groups is 4. The number of allylic oxidation sites excluding steroid dienone is 1. The van der Waals surface area contributed by atoms with Crippen LogP contribution in [0.2, 0.25) is 0 Å². The van der Waals surface area contributed by atoms with Crippen molar-refractivity contribution in [1.29, 1.82) is 0 Å². The van der Waals surface area contributed by atoms with E-state index in [1.54, 1.807) is 13.8 Å². The molecule has 3 heterocycles. The standard InChI is InChI=1S/C7H12O3.C7H10O2.C4H6O2.C3H6O/c1-7(2,9)5-3-4-10-6(5)8;1-5(2)6-3-4-9-7(6)8;5-4-2-1-3-6-4;1-3(2)4/h5,9H,3-4H2,1-2H3;3-4H2,1-2H3;1-3H2;1-2H3. The first-order chi connectivity index (χ1) is 13.4. The van der Waals surface area contributed by atoms with Crippen LogP contribution >= 0.6 is 0 Å². The largest absolute Gasteiger partial charge is 0.466 e. The summed E-state index contributed by atoms with van der Waals surface area (Å²) in [6, 6.07) is 0. The minimum atomic E-state index is -0.923. The van der Waals surface area contributed by atoms with Crippen LogP contribution in [0.25, 0.3) is 0 Å². The number of aliphatic hydroxyl groups is 1.